The van der Waals surface area contributed by atoms with Gasteiger partial charge in [0.25, 0.3) is 5.91 Å². The highest BCUT2D eigenvalue weighted by Crippen LogP contribution is 2.37. The van der Waals surface area contributed by atoms with Gasteiger partial charge in [-0.25, -0.2) is 4.39 Å². The number of carbonyl (C=O) groups excluding carboxylic acids is 1. The number of ether oxygens (including phenoxy) is 1. The van der Waals surface area contributed by atoms with Crippen LogP contribution in [0.5, 0.6) is 5.75 Å². The van der Waals surface area contributed by atoms with Crippen LogP contribution in [0.4, 0.5) is 10.1 Å². The molecule has 0 atom stereocenters. The first-order valence-electron chi connectivity index (χ1n) is 7.46. The summed E-state index contributed by atoms with van der Waals surface area (Å²) in [7, 11) is 0. The Morgan fingerprint density at radius 1 is 1.24 bits per heavy atom. The lowest BCUT2D eigenvalue weighted by molar-refractivity contribution is -0.113. The van der Waals surface area contributed by atoms with Crippen LogP contribution in [-0.2, 0) is 4.79 Å². The molecule has 1 heterocycles. The van der Waals surface area contributed by atoms with Crippen molar-refractivity contribution in [2.24, 2.45) is 0 Å². The van der Waals surface area contributed by atoms with Gasteiger partial charge in [0.05, 0.1) is 10.6 Å². The molecule has 0 radical (unpaired) electrons. The van der Waals surface area contributed by atoms with Crippen molar-refractivity contribution in [3.8, 4) is 5.75 Å². The lowest BCUT2D eigenvalue weighted by Gasteiger charge is -2.14. The molecule has 1 fully saturated rings. The van der Waals surface area contributed by atoms with E-state index in [0.717, 1.165) is 17.3 Å². The Hall–Kier alpha value is -2.44. The molecule has 3 rings (SSSR count). The van der Waals surface area contributed by atoms with E-state index in [1.54, 1.807) is 24.3 Å². The smallest absolute Gasteiger partial charge is 0.270 e. The third kappa shape index (κ3) is 3.81. The molecule has 0 saturated carbocycles. The molecule has 3 nitrogen and oxygen atoms in total. The molecule has 1 aliphatic rings. The monoisotopic (exact) mass is 371 g/mol. The topological polar surface area (TPSA) is 29.5 Å². The summed E-state index contributed by atoms with van der Waals surface area (Å²) in [5.74, 6) is -0.143. The Bertz CT molecular complexity index is 879. The van der Waals surface area contributed by atoms with Crippen LogP contribution in [0, 0.1) is 5.82 Å². The Morgan fingerprint density at radius 2 is 2.04 bits per heavy atom. The number of hydrogen-bond donors (Lipinski definition) is 0. The fourth-order valence-corrected chi connectivity index (χ4v) is 3.59. The maximum atomic E-state index is 14.0. The Balaban J connectivity index is 1.88. The summed E-state index contributed by atoms with van der Waals surface area (Å²) in [6, 6.07) is 13.4. The average molecular weight is 371 g/mol. The normalized spacial score (nSPS) is 15.7. The van der Waals surface area contributed by atoms with Crippen LogP contribution < -0.4 is 9.64 Å². The van der Waals surface area contributed by atoms with Gasteiger partial charge in [-0.2, -0.15) is 0 Å². The highest BCUT2D eigenvalue weighted by Gasteiger charge is 2.34. The summed E-state index contributed by atoms with van der Waals surface area (Å²) in [5.41, 5.74) is 0.965. The zero-order chi connectivity index (χ0) is 17.8. The van der Waals surface area contributed by atoms with Crippen molar-refractivity contribution in [2.45, 2.75) is 0 Å². The Morgan fingerprint density at radius 3 is 2.80 bits per heavy atom. The second kappa shape index (κ2) is 7.63. The lowest BCUT2D eigenvalue weighted by Crippen LogP contribution is -2.28. The molecule has 0 aliphatic carbocycles. The Kier molecular flexibility index (Phi) is 5.31. The van der Waals surface area contributed by atoms with E-state index in [2.05, 4.69) is 6.58 Å². The van der Waals surface area contributed by atoms with E-state index in [-0.39, 0.29) is 11.6 Å². The number of thioether (sulfide) groups is 1. The summed E-state index contributed by atoms with van der Waals surface area (Å²) in [6.07, 6.45) is 3.38. The van der Waals surface area contributed by atoms with Crippen molar-refractivity contribution in [3.63, 3.8) is 0 Å². The fourth-order valence-electron chi connectivity index (χ4n) is 2.31. The third-order valence-corrected chi connectivity index (χ3v) is 4.71. The summed E-state index contributed by atoms with van der Waals surface area (Å²) in [5, 5.41) is 0. The summed E-state index contributed by atoms with van der Waals surface area (Å²) in [4.78, 5) is 14.3. The van der Waals surface area contributed by atoms with Crippen molar-refractivity contribution in [2.75, 3.05) is 11.5 Å². The molecule has 0 spiro atoms. The van der Waals surface area contributed by atoms with Crippen molar-refractivity contribution in [1.82, 2.24) is 0 Å². The minimum atomic E-state index is -0.486. The van der Waals surface area contributed by atoms with Crippen molar-refractivity contribution < 1.29 is 13.9 Å². The summed E-state index contributed by atoms with van der Waals surface area (Å²) >= 11 is 6.41. The molecule has 25 heavy (non-hydrogen) atoms. The van der Waals surface area contributed by atoms with Gasteiger partial charge in [-0.1, -0.05) is 60.9 Å². The second-order valence-corrected chi connectivity index (χ2v) is 6.82. The summed E-state index contributed by atoms with van der Waals surface area (Å²) < 4.78 is 19.8. The standard InChI is InChI=1S/C19H14FNO2S2/c1-2-10-23-14-7-5-6-13(11-14)12-17-18(22)21(19(24)25-17)16-9-4-3-8-15(16)20/h2-9,11-12H,1,10H2. The van der Waals surface area contributed by atoms with Gasteiger partial charge in [0.1, 0.15) is 18.2 Å². The number of nitrogens with zero attached hydrogens (tertiary/aromatic N) is 1. The largest absolute Gasteiger partial charge is 0.490 e. The predicted molar refractivity (Wildman–Crippen MR) is 104 cm³/mol. The lowest BCUT2D eigenvalue weighted by atomic mass is 10.2. The van der Waals surface area contributed by atoms with Gasteiger partial charge in [0, 0.05) is 0 Å². The number of rotatable bonds is 5. The number of halogens is 1. The second-order valence-electron chi connectivity index (χ2n) is 5.14. The maximum absolute atomic E-state index is 14.0. The minimum absolute atomic E-state index is 0.163. The van der Waals surface area contributed by atoms with Crippen LogP contribution in [0.3, 0.4) is 0 Å². The third-order valence-electron chi connectivity index (χ3n) is 3.41. The van der Waals surface area contributed by atoms with Crippen LogP contribution in [0.1, 0.15) is 5.56 Å². The van der Waals surface area contributed by atoms with Gasteiger partial charge >= 0.3 is 0 Å². The molecule has 0 unspecified atom stereocenters. The molecule has 2 aromatic carbocycles. The van der Waals surface area contributed by atoms with E-state index < -0.39 is 5.82 Å². The van der Waals surface area contributed by atoms with E-state index >= 15 is 0 Å². The van der Waals surface area contributed by atoms with Crippen LogP contribution >= 0.6 is 24.0 Å². The average Bonchev–Trinajstić information content (AvgIpc) is 2.88. The summed E-state index contributed by atoms with van der Waals surface area (Å²) in [6.45, 7) is 4.01. The van der Waals surface area contributed by atoms with Gasteiger partial charge in [0.15, 0.2) is 4.32 Å². The predicted octanol–water partition coefficient (Wildman–Crippen LogP) is 4.80. The van der Waals surface area contributed by atoms with Crippen molar-refractivity contribution in [1.29, 1.82) is 0 Å². The highest BCUT2D eigenvalue weighted by molar-refractivity contribution is 8.27. The molecule has 1 aliphatic heterocycles. The molecule has 1 saturated heterocycles. The number of anilines is 1. The SMILES string of the molecule is C=CCOc1cccc(C=C2SC(=S)N(c3ccccc3F)C2=O)c1. The molecule has 6 heteroatoms. The number of amides is 1. The van der Waals surface area contributed by atoms with E-state index in [9.17, 15) is 9.18 Å². The first-order valence-corrected chi connectivity index (χ1v) is 8.69. The van der Waals surface area contributed by atoms with E-state index in [1.165, 1.54) is 17.0 Å². The minimum Gasteiger partial charge on any atom is -0.490 e. The van der Waals surface area contributed by atoms with Gasteiger partial charge in [-0.3, -0.25) is 9.69 Å². The van der Waals surface area contributed by atoms with Crippen LogP contribution in [-0.4, -0.2) is 16.8 Å². The van der Waals surface area contributed by atoms with Gasteiger partial charge in [-0.15, -0.1) is 0 Å². The first kappa shape index (κ1) is 17.4. The van der Waals surface area contributed by atoms with Gasteiger partial charge < -0.3 is 4.74 Å². The first-order chi connectivity index (χ1) is 12.1. The Labute approximate surface area is 154 Å². The zero-order valence-electron chi connectivity index (χ0n) is 13.1. The molecule has 0 aromatic heterocycles. The molecular formula is C19H14FNO2S2. The number of para-hydroxylation sites is 1. The van der Waals surface area contributed by atoms with Crippen LogP contribution in [0.25, 0.3) is 6.08 Å². The highest BCUT2D eigenvalue weighted by atomic mass is 32.2. The van der Waals surface area contributed by atoms with E-state index in [1.807, 2.05) is 24.3 Å². The number of hydrogen-bond acceptors (Lipinski definition) is 4. The number of benzene rings is 2. The quantitative estimate of drug-likeness (QED) is 0.429. The number of carbonyl (C=O) groups is 1. The number of thiocarbonyl (C=S) groups is 1. The van der Waals surface area contributed by atoms with Crippen LogP contribution in [0.15, 0.2) is 66.1 Å². The fraction of sp³-hybridized carbons (Fsp3) is 0.0526. The molecule has 0 N–H and O–H groups in total. The van der Waals surface area contributed by atoms with Gasteiger partial charge in [-0.05, 0) is 35.9 Å². The molecule has 0 bridgehead atoms. The molecule has 1 amide bonds. The van der Waals surface area contributed by atoms with E-state index in [4.69, 9.17) is 17.0 Å². The molecule has 2 aromatic rings. The van der Waals surface area contributed by atoms with Crippen LogP contribution in [0.2, 0.25) is 0 Å². The maximum Gasteiger partial charge on any atom is 0.270 e. The molecular weight excluding hydrogens is 357 g/mol. The van der Waals surface area contributed by atoms with Crippen molar-refractivity contribution >= 4 is 46.0 Å². The zero-order valence-corrected chi connectivity index (χ0v) is 14.8. The molecule has 126 valence electrons. The van der Waals surface area contributed by atoms with Gasteiger partial charge in [0.2, 0.25) is 0 Å². The van der Waals surface area contributed by atoms with Crippen molar-refractivity contribution in [3.05, 3.63) is 77.5 Å². The van der Waals surface area contributed by atoms with E-state index in [0.29, 0.717) is 21.6 Å².